The molecule has 14 heavy (non-hydrogen) atoms. The maximum atomic E-state index is 10.8. The van der Waals surface area contributed by atoms with Crippen LogP contribution in [0.5, 0.6) is 0 Å². The minimum Gasteiger partial charge on any atom is -0.364 e. The van der Waals surface area contributed by atoms with Crippen molar-refractivity contribution in [1.29, 1.82) is 0 Å². The highest BCUT2D eigenvalue weighted by Gasteiger charge is 2.28. The van der Waals surface area contributed by atoms with Gasteiger partial charge in [0.15, 0.2) is 0 Å². The summed E-state index contributed by atoms with van der Waals surface area (Å²) in [6.45, 7) is 2.21. The normalized spacial score (nSPS) is 17.8. The van der Waals surface area contributed by atoms with Gasteiger partial charge in [0.1, 0.15) is 5.69 Å². The molecule has 0 saturated heterocycles. The zero-order valence-corrected chi connectivity index (χ0v) is 8.23. The largest absolute Gasteiger partial charge is 0.364 e. The third-order valence-electron chi connectivity index (χ3n) is 2.89. The molecule has 3 heteroatoms. The Morgan fingerprint density at radius 3 is 2.71 bits per heavy atom. The second-order valence-electron chi connectivity index (χ2n) is 3.97. The number of hydrogen-bond donors (Lipinski definition) is 1. The molecule has 0 radical (unpaired) electrons. The van der Waals surface area contributed by atoms with Crippen molar-refractivity contribution >= 4 is 5.91 Å². The number of nitrogens with two attached hydrogens (primary N) is 1. The van der Waals surface area contributed by atoms with Gasteiger partial charge < -0.3 is 5.73 Å². The van der Waals surface area contributed by atoms with Gasteiger partial charge in [0, 0.05) is 6.20 Å². The fourth-order valence-corrected chi connectivity index (χ4v) is 1.69. The van der Waals surface area contributed by atoms with Crippen LogP contribution in [0.1, 0.15) is 41.7 Å². The van der Waals surface area contributed by atoms with Crippen LogP contribution in [0.4, 0.5) is 0 Å². The second-order valence-corrected chi connectivity index (χ2v) is 3.97. The van der Waals surface area contributed by atoms with E-state index in [1.165, 1.54) is 18.4 Å². The number of carbonyl (C=O) groups excluding carboxylic acids is 1. The van der Waals surface area contributed by atoms with Crippen molar-refractivity contribution in [3.63, 3.8) is 0 Å². The Bertz CT molecular complexity index is 341. The molecule has 1 amide bonds. The van der Waals surface area contributed by atoms with Crippen molar-refractivity contribution in [3.8, 4) is 0 Å². The quantitative estimate of drug-likeness (QED) is 0.788. The van der Waals surface area contributed by atoms with E-state index in [0.717, 1.165) is 5.92 Å². The van der Waals surface area contributed by atoms with Crippen LogP contribution in [0, 0.1) is 5.92 Å². The summed E-state index contributed by atoms with van der Waals surface area (Å²) in [4.78, 5) is 14.8. The number of hydrogen-bond acceptors (Lipinski definition) is 2. The lowest BCUT2D eigenvalue weighted by Crippen LogP contribution is -2.13. The standard InChI is InChI=1S/C11H14N2O/c1-7(8-2-3-8)9-4-5-10(11(12)14)13-6-9/h4-8H,2-3H2,1H3,(H2,12,14)/t7-/m0/s1. The molecule has 2 N–H and O–H groups in total. The molecule has 0 unspecified atom stereocenters. The molecule has 3 nitrogen and oxygen atoms in total. The highest BCUT2D eigenvalue weighted by Crippen LogP contribution is 2.41. The van der Waals surface area contributed by atoms with Crippen LogP contribution in [0.15, 0.2) is 18.3 Å². The Morgan fingerprint density at radius 2 is 2.29 bits per heavy atom. The molecule has 0 spiro atoms. The molecule has 0 aromatic carbocycles. The molecule has 1 aromatic rings. The zero-order chi connectivity index (χ0) is 10.1. The van der Waals surface area contributed by atoms with Crippen molar-refractivity contribution < 1.29 is 4.79 Å². The summed E-state index contributed by atoms with van der Waals surface area (Å²) in [5.41, 5.74) is 6.66. The minimum absolute atomic E-state index is 0.344. The fraction of sp³-hybridized carbons (Fsp3) is 0.455. The van der Waals surface area contributed by atoms with Crippen molar-refractivity contribution in [2.24, 2.45) is 11.7 Å². The van der Waals surface area contributed by atoms with E-state index in [-0.39, 0.29) is 0 Å². The van der Waals surface area contributed by atoms with Crippen LogP contribution in [0.2, 0.25) is 0 Å². The van der Waals surface area contributed by atoms with E-state index in [4.69, 9.17) is 5.73 Å². The molecule has 0 aliphatic heterocycles. The first-order chi connectivity index (χ1) is 6.68. The van der Waals surface area contributed by atoms with E-state index in [1.54, 1.807) is 12.3 Å². The number of aromatic nitrogens is 1. The highest BCUT2D eigenvalue weighted by atomic mass is 16.1. The number of nitrogens with zero attached hydrogens (tertiary/aromatic N) is 1. The van der Waals surface area contributed by atoms with Gasteiger partial charge >= 0.3 is 0 Å². The van der Waals surface area contributed by atoms with E-state index in [2.05, 4.69) is 11.9 Å². The molecule has 74 valence electrons. The maximum absolute atomic E-state index is 10.8. The lowest BCUT2D eigenvalue weighted by molar-refractivity contribution is 0.0995. The molecule has 1 saturated carbocycles. The van der Waals surface area contributed by atoms with E-state index >= 15 is 0 Å². The smallest absolute Gasteiger partial charge is 0.267 e. The first-order valence-electron chi connectivity index (χ1n) is 4.94. The third kappa shape index (κ3) is 1.76. The molecular weight excluding hydrogens is 176 g/mol. The number of pyridine rings is 1. The predicted molar refractivity (Wildman–Crippen MR) is 53.9 cm³/mol. The zero-order valence-electron chi connectivity index (χ0n) is 8.23. The summed E-state index contributed by atoms with van der Waals surface area (Å²) >= 11 is 0. The van der Waals surface area contributed by atoms with Crippen LogP contribution in [0.3, 0.4) is 0 Å². The van der Waals surface area contributed by atoms with Crippen LogP contribution in [-0.2, 0) is 0 Å². The summed E-state index contributed by atoms with van der Waals surface area (Å²) in [6.07, 6.45) is 4.40. The lowest BCUT2D eigenvalue weighted by Gasteiger charge is -2.09. The van der Waals surface area contributed by atoms with Crippen LogP contribution < -0.4 is 5.73 Å². The number of rotatable bonds is 3. The number of amides is 1. The monoisotopic (exact) mass is 190 g/mol. The van der Waals surface area contributed by atoms with Crippen LogP contribution in [0.25, 0.3) is 0 Å². The van der Waals surface area contributed by atoms with Gasteiger partial charge in [0.2, 0.25) is 0 Å². The second kappa shape index (κ2) is 3.40. The topological polar surface area (TPSA) is 56.0 Å². The molecule has 1 aliphatic carbocycles. The predicted octanol–water partition coefficient (Wildman–Crippen LogP) is 1.69. The lowest BCUT2D eigenvalue weighted by atomic mass is 9.98. The first kappa shape index (κ1) is 9.19. The van der Waals surface area contributed by atoms with E-state index in [1.807, 2.05) is 6.07 Å². The Hall–Kier alpha value is -1.38. The first-order valence-corrected chi connectivity index (χ1v) is 4.94. The van der Waals surface area contributed by atoms with Gasteiger partial charge in [-0.3, -0.25) is 9.78 Å². The average molecular weight is 190 g/mol. The van der Waals surface area contributed by atoms with Gasteiger partial charge in [-0.1, -0.05) is 13.0 Å². The van der Waals surface area contributed by atoms with Crippen molar-refractivity contribution in [2.75, 3.05) is 0 Å². The summed E-state index contributed by atoms with van der Waals surface area (Å²) in [5, 5.41) is 0. The summed E-state index contributed by atoms with van der Waals surface area (Å²) in [5.74, 6) is 0.913. The fourth-order valence-electron chi connectivity index (χ4n) is 1.69. The highest BCUT2D eigenvalue weighted by molar-refractivity contribution is 5.90. The molecule has 1 aromatic heterocycles. The van der Waals surface area contributed by atoms with Gasteiger partial charge in [-0.25, -0.2) is 0 Å². The van der Waals surface area contributed by atoms with Gasteiger partial charge in [-0.15, -0.1) is 0 Å². The Kier molecular flexibility index (Phi) is 2.23. The summed E-state index contributed by atoms with van der Waals surface area (Å²) in [6, 6.07) is 3.66. The van der Waals surface area contributed by atoms with E-state index in [9.17, 15) is 4.79 Å². The number of primary amides is 1. The maximum Gasteiger partial charge on any atom is 0.267 e. The van der Waals surface area contributed by atoms with Crippen molar-refractivity contribution in [1.82, 2.24) is 4.98 Å². The molecule has 2 rings (SSSR count). The van der Waals surface area contributed by atoms with Crippen molar-refractivity contribution in [3.05, 3.63) is 29.6 Å². The number of carbonyl (C=O) groups is 1. The molecule has 1 fully saturated rings. The molecular formula is C11H14N2O. The Morgan fingerprint density at radius 1 is 1.57 bits per heavy atom. The summed E-state index contributed by atoms with van der Waals surface area (Å²) < 4.78 is 0. The molecule has 1 heterocycles. The van der Waals surface area contributed by atoms with Crippen LogP contribution >= 0.6 is 0 Å². The Balaban J connectivity index is 2.16. The molecule has 1 atom stereocenters. The van der Waals surface area contributed by atoms with Crippen LogP contribution in [-0.4, -0.2) is 10.9 Å². The third-order valence-corrected chi connectivity index (χ3v) is 2.89. The van der Waals surface area contributed by atoms with Gasteiger partial charge in [0.25, 0.3) is 5.91 Å². The van der Waals surface area contributed by atoms with E-state index < -0.39 is 5.91 Å². The summed E-state index contributed by atoms with van der Waals surface area (Å²) in [7, 11) is 0. The van der Waals surface area contributed by atoms with Gasteiger partial charge in [0.05, 0.1) is 0 Å². The SMILES string of the molecule is C[C@H](c1ccc(C(N)=O)nc1)C1CC1. The van der Waals surface area contributed by atoms with Gasteiger partial charge in [-0.2, -0.15) is 0 Å². The molecule has 0 bridgehead atoms. The molecule has 1 aliphatic rings. The minimum atomic E-state index is -0.462. The Labute approximate surface area is 83.3 Å². The van der Waals surface area contributed by atoms with E-state index in [0.29, 0.717) is 11.6 Å². The van der Waals surface area contributed by atoms with Crippen molar-refractivity contribution in [2.45, 2.75) is 25.7 Å². The van der Waals surface area contributed by atoms with Gasteiger partial charge in [-0.05, 0) is 36.3 Å². The average Bonchev–Trinajstić information content (AvgIpc) is 3.00.